The van der Waals surface area contributed by atoms with E-state index in [1.165, 1.54) is 71.0 Å². The van der Waals surface area contributed by atoms with Crippen molar-refractivity contribution in [1.29, 1.82) is 0 Å². The van der Waals surface area contributed by atoms with Gasteiger partial charge in [0.15, 0.2) is 6.20 Å². The van der Waals surface area contributed by atoms with Crippen LogP contribution in [-0.2, 0) is 19.9 Å². The lowest BCUT2D eigenvalue weighted by Gasteiger charge is -2.29. The molecule has 2 heteroatoms. The van der Waals surface area contributed by atoms with E-state index in [2.05, 4.69) is 133 Å². The summed E-state index contributed by atoms with van der Waals surface area (Å²) in [5.74, 6) is 2.01. The summed E-state index contributed by atoms with van der Waals surface area (Å²) in [6.07, 6.45) is 4.19. The highest BCUT2D eigenvalue weighted by atomic mass is 16.5. The van der Waals surface area contributed by atoms with Gasteiger partial charge < -0.3 is 4.74 Å². The van der Waals surface area contributed by atoms with Crippen LogP contribution in [0.25, 0.3) is 54.3 Å². The van der Waals surface area contributed by atoms with Gasteiger partial charge in [-0.05, 0) is 80.1 Å². The summed E-state index contributed by atoms with van der Waals surface area (Å²) in [7, 11) is 2.18. The monoisotopic (exact) mass is 538 g/mol. The minimum atomic E-state index is 0.0999. The number of aryl methyl sites for hydroxylation is 2. The largest absolute Gasteiger partial charge is 0.455 e. The molecule has 0 unspecified atom stereocenters. The van der Waals surface area contributed by atoms with Crippen LogP contribution in [0.5, 0.6) is 11.5 Å². The lowest BCUT2D eigenvalue weighted by Crippen LogP contribution is -2.32. The maximum Gasteiger partial charge on any atom is 0.228 e. The molecule has 6 aromatic rings. The Labute approximate surface area is 243 Å². The maximum atomic E-state index is 7.16. The van der Waals surface area contributed by atoms with Crippen LogP contribution < -0.4 is 9.30 Å². The van der Waals surface area contributed by atoms with Crippen LogP contribution in [0.1, 0.15) is 58.2 Å². The average molecular weight is 539 g/mol. The van der Waals surface area contributed by atoms with Crippen molar-refractivity contribution in [3.8, 4) is 22.8 Å². The third-order valence-electron chi connectivity index (χ3n) is 8.71. The number of benzene rings is 5. The van der Waals surface area contributed by atoms with Gasteiger partial charge in [-0.1, -0.05) is 96.1 Å². The lowest BCUT2D eigenvalue weighted by molar-refractivity contribution is -0.659. The Hall–Kier alpha value is -3.91. The quantitative estimate of drug-likeness (QED) is 0.158. The van der Waals surface area contributed by atoms with Crippen LogP contribution in [-0.4, -0.2) is 0 Å². The summed E-state index contributed by atoms with van der Waals surface area (Å²) in [6, 6.07) is 24.8. The van der Waals surface area contributed by atoms with Gasteiger partial charge in [-0.3, -0.25) is 0 Å². The summed E-state index contributed by atoms with van der Waals surface area (Å²) in [6.45, 7) is 16.2. The molecule has 41 heavy (non-hydrogen) atoms. The first-order valence-electron chi connectivity index (χ1n) is 14.9. The molecule has 0 bridgehead atoms. The fraction of sp³-hybridized carbons (Fsp3) is 0.308. The fourth-order valence-corrected chi connectivity index (χ4v) is 7.16. The van der Waals surface area contributed by atoms with Crippen molar-refractivity contribution in [2.75, 3.05) is 0 Å². The predicted molar refractivity (Wildman–Crippen MR) is 174 cm³/mol. The number of rotatable bonds is 2. The van der Waals surface area contributed by atoms with Crippen LogP contribution in [0.3, 0.4) is 0 Å². The van der Waals surface area contributed by atoms with E-state index in [4.69, 9.17) is 4.74 Å². The Morgan fingerprint density at radius 2 is 1.41 bits per heavy atom. The Kier molecular flexibility index (Phi) is 5.58. The number of fused-ring (bicyclic) bond motifs is 7. The molecule has 0 radical (unpaired) electrons. The molecule has 0 N–H and O–H groups in total. The highest BCUT2D eigenvalue weighted by Crippen LogP contribution is 2.53. The van der Waals surface area contributed by atoms with Crippen molar-refractivity contribution in [3.63, 3.8) is 0 Å². The molecule has 0 aliphatic carbocycles. The predicted octanol–water partition coefficient (Wildman–Crippen LogP) is 10.4. The first-order chi connectivity index (χ1) is 19.4. The zero-order valence-corrected chi connectivity index (χ0v) is 25.7. The molecule has 0 spiro atoms. The van der Waals surface area contributed by atoms with E-state index in [1.54, 1.807) is 0 Å². The minimum absolute atomic E-state index is 0.0999. The van der Waals surface area contributed by atoms with Crippen molar-refractivity contribution >= 4 is 43.1 Å². The number of aromatic nitrogens is 1. The highest BCUT2D eigenvalue weighted by molar-refractivity contribution is 6.19. The van der Waals surface area contributed by atoms with Crippen molar-refractivity contribution in [1.82, 2.24) is 0 Å². The molecule has 1 aliphatic heterocycles. The zero-order chi connectivity index (χ0) is 28.8. The molecule has 7 rings (SSSR count). The second kappa shape index (κ2) is 8.79. The molecule has 206 valence electrons. The summed E-state index contributed by atoms with van der Waals surface area (Å²) in [5, 5.41) is 10.3. The van der Waals surface area contributed by atoms with Gasteiger partial charge in [0, 0.05) is 17.0 Å². The molecule has 0 saturated carbocycles. The van der Waals surface area contributed by atoms with Crippen LogP contribution in [0.2, 0.25) is 0 Å². The normalized spacial score (nSPS) is 13.3. The summed E-state index contributed by atoms with van der Waals surface area (Å²) >= 11 is 0. The number of hydrogen-bond donors (Lipinski definition) is 0. The molecule has 1 aliphatic rings. The van der Waals surface area contributed by atoms with E-state index in [0.717, 1.165) is 24.3 Å². The van der Waals surface area contributed by atoms with Crippen molar-refractivity contribution < 1.29 is 9.30 Å². The fourth-order valence-electron chi connectivity index (χ4n) is 7.16. The molecule has 2 heterocycles. The van der Waals surface area contributed by atoms with Gasteiger partial charge >= 0.3 is 0 Å². The van der Waals surface area contributed by atoms with E-state index in [0.29, 0.717) is 0 Å². The topological polar surface area (TPSA) is 13.1 Å². The Bertz CT molecular complexity index is 2050. The molecule has 0 saturated heterocycles. The molecule has 2 nitrogen and oxygen atoms in total. The van der Waals surface area contributed by atoms with E-state index in [9.17, 15) is 0 Å². The SMILES string of the molecule is Cc1c2c(c(CC(C)(C)C)c3ccc4ccccc4c13)Oc1cc3c(CC(C)(C)C)cccc3c3cc[n+](C)c-2c13. The van der Waals surface area contributed by atoms with Gasteiger partial charge in [-0.2, -0.15) is 0 Å². The van der Waals surface area contributed by atoms with Crippen molar-refractivity contribution in [2.24, 2.45) is 17.9 Å². The van der Waals surface area contributed by atoms with Crippen LogP contribution in [0, 0.1) is 17.8 Å². The van der Waals surface area contributed by atoms with Gasteiger partial charge in [0.05, 0.1) is 10.9 Å². The van der Waals surface area contributed by atoms with Gasteiger partial charge in [-0.15, -0.1) is 0 Å². The molecular weight excluding hydrogens is 498 g/mol. The van der Waals surface area contributed by atoms with E-state index in [1.807, 2.05) is 0 Å². The first kappa shape index (κ1) is 26.0. The Balaban J connectivity index is 1.65. The Morgan fingerprint density at radius 3 is 2.17 bits per heavy atom. The number of ether oxygens (including phenoxy) is 1. The second-order valence-corrected chi connectivity index (χ2v) is 14.5. The van der Waals surface area contributed by atoms with E-state index in [-0.39, 0.29) is 10.8 Å². The summed E-state index contributed by atoms with van der Waals surface area (Å²) in [4.78, 5) is 0. The van der Waals surface area contributed by atoms with Crippen molar-refractivity contribution in [3.05, 3.63) is 89.6 Å². The number of nitrogens with zero attached hydrogens (tertiary/aromatic N) is 1. The van der Waals surface area contributed by atoms with Crippen LogP contribution >= 0.6 is 0 Å². The zero-order valence-electron chi connectivity index (χ0n) is 25.7. The van der Waals surface area contributed by atoms with Crippen LogP contribution in [0.15, 0.2) is 72.9 Å². The average Bonchev–Trinajstić information content (AvgIpc) is 2.90. The smallest absolute Gasteiger partial charge is 0.228 e. The number of hydrogen-bond acceptors (Lipinski definition) is 1. The first-order valence-corrected chi connectivity index (χ1v) is 14.9. The van der Waals surface area contributed by atoms with Gasteiger partial charge in [0.25, 0.3) is 0 Å². The molecule has 0 atom stereocenters. The second-order valence-electron chi connectivity index (χ2n) is 14.5. The molecule has 1 aromatic heterocycles. The molecule has 0 amide bonds. The lowest BCUT2D eigenvalue weighted by atomic mass is 9.80. The van der Waals surface area contributed by atoms with E-state index >= 15 is 0 Å². The summed E-state index contributed by atoms with van der Waals surface area (Å²) < 4.78 is 9.47. The highest BCUT2D eigenvalue weighted by Gasteiger charge is 2.35. The van der Waals surface area contributed by atoms with Gasteiger partial charge in [0.2, 0.25) is 5.69 Å². The van der Waals surface area contributed by atoms with Gasteiger partial charge in [0.1, 0.15) is 18.5 Å². The van der Waals surface area contributed by atoms with E-state index < -0.39 is 0 Å². The van der Waals surface area contributed by atoms with Crippen LogP contribution in [0.4, 0.5) is 0 Å². The molecular formula is C39H40NO+. The van der Waals surface area contributed by atoms with Crippen molar-refractivity contribution in [2.45, 2.75) is 61.3 Å². The molecule has 5 aromatic carbocycles. The van der Waals surface area contributed by atoms with Gasteiger partial charge in [-0.25, -0.2) is 4.57 Å². The maximum absolute atomic E-state index is 7.16. The third kappa shape index (κ3) is 4.10. The molecule has 0 fully saturated rings. The summed E-state index contributed by atoms with van der Waals surface area (Å²) in [5.41, 5.74) is 6.77. The third-order valence-corrected chi connectivity index (χ3v) is 8.71. The number of pyridine rings is 1. The minimum Gasteiger partial charge on any atom is -0.455 e. The standard InChI is InChI=1S/C39H40NO/c1-23-33-26-14-10-9-12-24(26)16-17-28(33)31(22-39(5,6)7)37-34(23)36-35-29(18-19-40(36)8)27-15-11-13-25(21-38(2,3)4)30(27)20-32(35)41-37/h9-20H,21-22H2,1-8H3/q+1. The Morgan fingerprint density at radius 1 is 0.683 bits per heavy atom.